The third kappa shape index (κ3) is 1.81. The number of hydrogen-bond acceptors (Lipinski definition) is 2. The zero-order valence-electron chi connectivity index (χ0n) is 8.48. The van der Waals surface area contributed by atoms with Gasteiger partial charge in [0.05, 0.1) is 11.9 Å². The molecular weight excluding hydrogens is 212 g/mol. The van der Waals surface area contributed by atoms with E-state index in [-0.39, 0.29) is 12.2 Å². The molecule has 0 aliphatic carbocycles. The predicted octanol–water partition coefficient (Wildman–Crippen LogP) is 2.27. The molecule has 0 saturated carbocycles. The van der Waals surface area contributed by atoms with Gasteiger partial charge in [0, 0.05) is 12.1 Å². The lowest BCUT2D eigenvalue weighted by Gasteiger charge is -2.07. The van der Waals surface area contributed by atoms with Gasteiger partial charge in [-0.1, -0.05) is 18.2 Å². The van der Waals surface area contributed by atoms with Crippen LogP contribution < -0.4 is 5.73 Å². The molecule has 0 atom stereocenters. The maximum Gasteiger partial charge on any atom is 0.280 e. The molecule has 0 aliphatic rings. The standard InChI is InChI=1S/C11H11F2N3/c12-11(13)10-8(6-14)7-15-16(10)9-4-2-1-3-5-9/h1-5,7,11H,6,14H2. The van der Waals surface area contributed by atoms with Gasteiger partial charge in [0.1, 0.15) is 5.69 Å². The second kappa shape index (κ2) is 4.40. The Labute approximate surface area is 91.5 Å². The number of nitrogens with two attached hydrogens (primary N) is 1. The minimum atomic E-state index is -2.58. The van der Waals surface area contributed by atoms with Crippen LogP contribution in [0.5, 0.6) is 0 Å². The normalized spacial score (nSPS) is 11.0. The van der Waals surface area contributed by atoms with E-state index in [0.29, 0.717) is 11.3 Å². The smallest absolute Gasteiger partial charge is 0.280 e. The highest BCUT2D eigenvalue weighted by atomic mass is 19.3. The average molecular weight is 223 g/mol. The fraction of sp³-hybridized carbons (Fsp3) is 0.182. The molecule has 2 rings (SSSR count). The number of para-hydroxylation sites is 1. The van der Waals surface area contributed by atoms with Crippen LogP contribution in [-0.2, 0) is 6.54 Å². The van der Waals surface area contributed by atoms with Crippen LogP contribution in [0, 0.1) is 0 Å². The maximum atomic E-state index is 12.9. The first kappa shape index (κ1) is 10.8. The summed E-state index contributed by atoms with van der Waals surface area (Å²) in [5.74, 6) is 0. The molecule has 0 aliphatic heterocycles. The van der Waals surface area contributed by atoms with Crippen molar-refractivity contribution in [1.82, 2.24) is 9.78 Å². The number of alkyl halides is 2. The van der Waals surface area contributed by atoms with Crippen LogP contribution in [0.4, 0.5) is 8.78 Å². The molecular formula is C11H11F2N3. The Balaban J connectivity index is 2.53. The van der Waals surface area contributed by atoms with Crippen LogP contribution in [0.15, 0.2) is 36.5 Å². The van der Waals surface area contributed by atoms with E-state index in [1.165, 1.54) is 10.9 Å². The number of nitrogens with zero attached hydrogens (tertiary/aromatic N) is 2. The Morgan fingerprint density at radius 2 is 1.94 bits per heavy atom. The summed E-state index contributed by atoms with van der Waals surface area (Å²) in [4.78, 5) is 0. The van der Waals surface area contributed by atoms with Gasteiger partial charge in [0.25, 0.3) is 6.43 Å². The van der Waals surface area contributed by atoms with E-state index in [9.17, 15) is 8.78 Å². The van der Waals surface area contributed by atoms with E-state index < -0.39 is 6.43 Å². The quantitative estimate of drug-likeness (QED) is 0.867. The van der Waals surface area contributed by atoms with Gasteiger partial charge in [0.2, 0.25) is 0 Å². The van der Waals surface area contributed by atoms with Gasteiger partial charge in [-0.15, -0.1) is 0 Å². The summed E-state index contributed by atoms with van der Waals surface area (Å²) >= 11 is 0. The molecule has 2 N–H and O–H groups in total. The SMILES string of the molecule is NCc1cnn(-c2ccccc2)c1C(F)F. The molecule has 5 heteroatoms. The van der Waals surface area contributed by atoms with Crippen molar-refractivity contribution in [1.29, 1.82) is 0 Å². The monoisotopic (exact) mass is 223 g/mol. The van der Waals surface area contributed by atoms with Crippen molar-refractivity contribution in [3.8, 4) is 5.69 Å². The third-order valence-electron chi connectivity index (χ3n) is 2.31. The van der Waals surface area contributed by atoms with Crippen LogP contribution in [0.2, 0.25) is 0 Å². The fourth-order valence-electron chi connectivity index (χ4n) is 1.56. The van der Waals surface area contributed by atoms with Gasteiger partial charge in [-0.25, -0.2) is 13.5 Å². The second-order valence-electron chi connectivity index (χ2n) is 3.31. The van der Waals surface area contributed by atoms with E-state index in [4.69, 9.17) is 5.73 Å². The Kier molecular flexibility index (Phi) is 2.96. The summed E-state index contributed by atoms with van der Waals surface area (Å²) in [6, 6.07) is 8.81. The Morgan fingerprint density at radius 3 is 2.50 bits per heavy atom. The van der Waals surface area contributed by atoms with Crippen molar-refractivity contribution in [2.45, 2.75) is 13.0 Å². The summed E-state index contributed by atoms with van der Waals surface area (Å²) in [5.41, 5.74) is 6.25. The van der Waals surface area contributed by atoms with Crippen molar-refractivity contribution >= 4 is 0 Å². The van der Waals surface area contributed by atoms with Gasteiger partial charge < -0.3 is 5.73 Å². The van der Waals surface area contributed by atoms with Crippen molar-refractivity contribution in [3.63, 3.8) is 0 Å². The molecule has 1 heterocycles. The van der Waals surface area contributed by atoms with E-state index in [1.54, 1.807) is 24.3 Å². The zero-order chi connectivity index (χ0) is 11.5. The van der Waals surface area contributed by atoms with E-state index >= 15 is 0 Å². The summed E-state index contributed by atoms with van der Waals surface area (Å²) in [6.45, 7) is 0.0620. The lowest BCUT2D eigenvalue weighted by Crippen LogP contribution is -2.06. The van der Waals surface area contributed by atoms with Crippen LogP contribution in [0.25, 0.3) is 5.69 Å². The summed E-state index contributed by atoms with van der Waals surface area (Å²) < 4.78 is 27.0. The van der Waals surface area contributed by atoms with E-state index in [1.807, 2.05) is 6.07 Å². The number of aromatic nitrogens is 2. The molecule has 3 nitrogen and oxygen atoms in total. The van der Waals surface area contributed by atoms with Crippen molar-refractivity contribution in [2.24, 2.45) is 5.73 Å². The molecule has 16 heavy (non-hydrogen) atoms. The van der Waals surface area contributed by atoms with Crippen LogP contribution in [0.1, 0.15) is 17.7 Å². The first-order valence-corrected chi connectivity index (χ1v) is 4.84. The molecule has 0 amide bonds. The Bertz CT molecular complexity index is 465. The third-order valence-corrected chi connectivity index (χ3v) is 2.31. The zero-order valence-corrected chi connectivity index (χ0v) is 8.48. The molecule has 0 unspecified atom stereocenters. The van der Waals surface area contributed by atoms with Crippen molar-refractivity contribution in [3.05, 3.63) is 47.8 Å². The van der Waals surface area contributed by atoms with Gasteiger partial charge in [0.15, 0.2) is 0 Å². The van der Waals surface area contributed by atoms with Gasteiger partial charge in [-0.2, -0.15) is 5.10 Å². The number of hydrogen-bond donors (Lipinski definition) is 1. The summed E-state index contributed by atoms with van der Waals surface area (Å²) in [6.07, 6.45) is -1.20. The highest BCUT2D eigenvalue weighted by molar-refractivity contribution is 5.35. The molecule has 0 saturated heterocycles. The molecule has 1 aromatic carbocycles. The highest BCUT2D eigenvalue weighted by Crippen LogP contribution is 2.25. The lowest BCUT2D eigenvalue weighted by atomic mass is 10.2. The van der Waals surface area contributed by atoms with Crippen LogP contribution >= 0.6 is 0 Å². The Hall–Kier alpha value is -1.75. The summed E-state index contributed by atoms with van der Waals surface area (Å²) in [7, 11) is 0. The highest BCUT2D eigenvalue weighted by Gasteiger charge is 2.19. The van der Waals surface area contributed by atoms with Crippen molar-refractivity contribution in [2.75, 3.05) is 0 Å². The summed E-state index contributed by atoms with van der Waals surface area (Å²) in [5, 5.41) is 3.94. The van der Waals surface area contributed by atoms with Gasteiger partial charge >= 0.3 is 0 Å². The molecule has 0 radical (unpaired) electrons. The van der Waals surface area contributed by atoms with E-state index in [0.717, 1.165) is 0 Å². The predicted molar refractivity (Wildman–Crippen MR) is 56.4 cm³/mol. The minimum absolute atomic E-state index is 0.0620. The first-order chi connectivity index (χ1) is 7.74. The van der Waals surface area contributed by atoms with Crippen molar-refractivity contribution < 1.29 is 8.78 Å². The number of rotatable bonds is 3. The molecule has 0 bridgehead atoms. The molecule has 0 fully saturated rings. The molecule has 2 aromatic rings. The lowest BCUT2D eigenvalue weighted by molar-refractivity contribution is 0.141. The minimum Gasteiger partial charge on any atom is -0.326 e. The Morgan fingerprint density at radius 1 is 1.25 bits per heavy atom. The number of halogens is 2. The topological polar surface area (TPSA) is 43.8 Å². The molecule has 84 valence electrons. The number of benzene rings is 1. The maximum absolute atomic E-state index is 12.9. The van der Waals surface area contributed by atoms with Gasteiger partial charge in [-0.3, -0.25) is 0 Å². The molecule has 1 aromatic heterocycles. The largest absolute Gasteiger partial charge is 0.326 e. The first-order valence-electron chi connectivity index (χ1n) is 4.84. The second-order valence-corrected chi connectivity index (χ2v) is 3.31. The average Bonchev–Trinajstić information content (AvgIpc) is 2.73. The van der Waals surface area contributed by atoms with Crippen LogP contribution in [0.3, 0.4) is 0 Å². The fourth-order valence-corrected chi connectivity index (χ4v) is 1.56. The van der Waals surface area contributed by atoms with Crippen LogP contribution in [-0.4, -0.2) is 9.78 Å². The van der Waals surface area contributed by atoms with Gasteiger partial charge in [-0.05, 0) is 12.1 Å². The van der Waals surface area contributed by atoms with E-state index in [2.05, 4.69) is 5.10 Å². The molecule has 0 spiro atoms.